The molecule has 0 bridgehead atoms. The summed E-state index contributed by atoms with van der Waals surface area (Å²) in [6.45, 7) is 0. The highest BCUT2D eigenvalue weighted by Gasteiger charge is 2.40. The van der Waals surface area contributed by atoms with E-state index in [1.54, 1.807) is 0 Å². The van der Waals surface area contributed by atoms with Crippen LogP contribution in [-0.2, 0) is 0 Å². The molecule has 1 aliphatic carbocycles. The molecule has 264 valence electrons. The molecule has 2 unspecified atom stereocenters. The fraction of sp³-hybridized carbons (Fsp3) is 0.0385. The van der Waals surface area contributed by atoms with Crippen molar-refractivity contribution in [2.75, 3.05) is 4.90 Å². The van der Waals surface area contributed by atoms with Crippen LogP contribution in [0.1, 0.15) is 17.0 Å². The van der Waals surface area contributed by atoms with Gasteiger partial charge < -0.3 is 9.47 Å². The van der Waals surface area contributed by atoms with Gasteiger partial charge in [0.05, 0.1) is 28.5 Å². The molecular weight excluding hydrogens is 681 g/mol. The van der Waals surface area contributed by atoms with Crippen LogP contribution in [0.3, 0.4) is 0 Å². The van der Waals surface area contributed by atoms with Gasteiger partial charge in [-0.15, -0.1) is 0 Å². The Morgan fingerprint density at radius 1 is 0.446 bits per heavy atom. The molecule has 0 N–H and O–H groups in total. The van der Waals surface area contributed by atoms with E-state index in [-0.39, 0.29) is 12.0 Å². The summed E-state index contributed by atoms with van der Waals surface area (Å²) < 4.78 is 2.39. The van der Waals surface area contributed by atoms with Crippen LogP contribution in [0.25, 0.3) is 66.7 Å². The van der Waals surface area contributed by atoms with Gasteiger partial charge in [-0.25, -0.2) is 9.97 Å². The van der Waals surface area contributed by atoms with Gasteiger partial charge in [0.25, 0.3) is 0 Å². The van der Waals surface area contributed by atoms with E-state index in [4.69, 9.17) is 9.97 Å². The Hall–Kier alpha value is -7.30. The lowest BCUT2D eigenvalue weighted by molar-refractivity contribution is 0.732. The topological polar surface area (TPSA) is 34.0 Å². The van der Waals surface area contributed by atoms with E-state index in [1.165, 1.54) is 49.6 Å². The zero-order chi connectivity index (χ0) is 37.0. The highest BCUT2D eigenvalue weighted by atomic mass is 15.3. The van der Waals surface area contributed by atoms with Gasteiger partial charge in [-0.1, -0.05) is 164 Å². The molecule has 2 atom stereocenters. The van der Waals surface area contributed by atoms with E-state index in [1.807, 2.05) is 12.1 Å². The summed E-state index contributed by atoms with van der Waals surface area (Å²) in [6.07, 6.45) is 7.11. The third kappa shape index (κ3) is 5.38. The van der Waals surface area contributed by atoms with Gasteiger partial charge in [0.2, 0.25) is 5.95 Å². The van der Waals surface area contributed by atoms with Crippen molar-refractivity contribution in [3.8, 4) is 39.3 Å². The summed E-state index contributed by atoms with van der Waals surface area (Å²) >= 11 is 0. The number of hydrogen-bond acceptors (Lipinski definition) is 3. The lowest BCUT2D eigenvalue weighted by Gasteiger charge is -2.29. The van der Waals surface area contributed by atoms with Crippen LogP contribution in [0.5, 0.6) is 0 Å². The number of benzene rings is 7. The molecule has 4 heteroatoms. The van der Waals surface area contributed by atoms with Crippen molar-refractivity contribution >= 4 is 39.0 Å². The van der Waals surface area contributed by atoms with Crippen LogP contribution in [0, 0.1) is 0 Å². The van der Waals surface area contributed by atoms with Crippen molar-refractivity contribution < 1.29 is 0 Å². The monoisotopic (exact) mass is 716 g/mol. The minimum atomic E-state index is 0.00205. The van der Waals surface area contributed by atoms with E-state index in [0.717, 1.165) is 33.9 Å². The molecule has 2 aromatic heterocycles. The standard InChI is InChI=1S/C52H36N4/c1-4-14-35(15-5-1)36-24-28-41(29-25-36)55-48-22-12-11-21-43(48)45-32-39(27-31-50(45)55)40-26-30-44-42-20-10-13-23-49(42)56(51(44)33-40)52-53-46(37-16-6-2-7-17-37)34-47(54-52)38-18-8-3-9-19-38/h1-34,44,51H. The first-order chi connectivity index (χ1) is 27.8. The Morgan fingerprint density at radius 3 is 1.73 bits per heavy atom. The molecule has 0 fully saturated rings. The molecule has 4 nitrogen and oxygen atoms in total. The summed E-state index contributed by atoms with van der Waals surface area (Å²) in [5, 5.41) is 2.48. The van der Waals surface area contributed by atoms with Crippen molar-refractivity contribution in [3.63, 3.8) is 0 Å². The molecule has 7 aromatic carbocycles. The van der Waals surface area contributed by atoms with Crippen LogP contribution in [-0.4, -0.2) is 20.6 Å². The SMILES string of the molecule is C1=CC2c3ccccc3N(c3nc(-c4ccccc4)cc(-c4ccccc4)n3)C2C=C1c1ccc2c(c1)c1ccccc1n2-c1ccc(-c2ccccc2)cc1. The number of rotatable bonds is 6. The summed E-state index contributed by atoms with van der Waals surface area (Å²) in [6, 6.07) is 66.8. The maximum Gasteiger partial charge on any atom is 0.231 e. The molecule has 0 saturated heterocycles. The highest BCUT2D eigenvalue weighted by Crippen LogP contribution is 2.49. The summed E-state index contributed by atoms with van der Waals surface area (Å²) in [7, 11) is 0. The third-order valence-electron chi connectivity index (χ3n) is 11.4. The van der Waals surface area contributed by atoms with Crippen molar-refractivity contribution in [3.05, 3.63) is 217 Å². The molecule has 0 radical (unpaired) electrons. The third-order valence-corrected chi connectivity index (χ3v) is 11.4. The molecule has 0 amide bonds. The van der Waals surface area contributed by atoms with Gasteiger partial charge in [0, 0.05) is 39.2 Å². The van der Waals surface area contributed by atoms with Crippen LogP contribution >= 0.6 is 0 Å². The first kappa shape index (κ1) is 32.2. The van der Waals surface area contributed by atoms with Gasteiger partial charge in [0.1, 0.15) is 0 Å². The Balaban J connectivity index is 1.02. The number of nitrogens with zero attached hydrogens (tertiary/aromatic N) is 4. The van der Waals surface area contributed by atoms with Crippen LogP contribution in [0.2, 0.25) is 0 Å². The minimum Gasteiger partial charge on any atom is -0.309 e. The predicted molar refractivity (Wildman–Crippen MR) is 231 cm³/mol. The average molecular weight is 717 g/mol. The van der Waals surface area contributed by atoms with Crippen LogP contribution < -0.4 is 4.90 Å². The van der Waals surface area contributed by atoms with Crippen molar-refractivity contribution in [1.82, 2.24) is 14.5 Å². The zero-order valence-electron chi connectivity index (χ0n) is 30.6. The maximum atomic E-state index is 5.29. The Bertz CT molecular complexity index is 2900. The second-order valence-electron chi connectivity index (χ2n) is 14.6. The summed E-state index contributed by atoms with van der Waals surface area (Å²) in [5.74, 6) is 0.872. The lowest BCUT2D eigenvalue weighted by atomic mass is 9.86. The number of allylic oxidation sites excluding steroid dienone is 2. The van der Waals surface area contributed by atoms with E-state index in [0.29, 0.717) is 5.95 Å². The van der Waals surface area contributed by atoms with Crippen LogP contribution in [0.4, 0.5) is 11.6 Å². The molecule has 56 heavy (non-hydrogen) atoms. The number of aromatic nitrogens is 3. The zero-order valence-corrected chi connectivity index (χ0v) is 30.6. The Kier molecular flexibility index (Phi) is 7.59. The van der Waals surface area contributed by atoms with E-state index < -0.39 is 0 Å². The number of hydrogen-bond donors (Lipinski definition) is 0. The fourth-order valence-corrected chi connectivity index (χ4v) is 8.69. The quantitative estimate of drug-likeness (QED) is 0.172. The second-order valence-corrected chi connectivity index (χ2v) is 14.6. The summed E-state index contributed by atoms with van der Waals surface area (Å²) in [5.41, 5.74) is 14.7. The van der Waals surface area contributed by atoms with Crippen molar-refractivity contribution in [1.29, 1.82) is 0 Å². The maximum absolute atomic E-state index is 5.29. The largest absolute Gasteiger partial charge is 0.309 e. The molecule has 2 aliphatic rings. The molecule has 1 aliphatic heterocycles. The minimum absolute atomic E-state index is 0.00205. The smallest absolute Gasteiger partial charge is 0.231 e. The molecule has 9 aromatic rings. The fourth-order valence-electron chi connectivity index (χ4n) is 8.69. The first-order valence-corrected chi connectivity index (χ1v) is 19.2. The van der Waals surface area contributed by atoms with Crippen LogP contribution in [0.15, 0.2) is 206 Å². The second kappa shape index (κ2) is 13.2. The van der Waals surface area contributed by atoms with Gasteiger partial charge in [-0.3, -0.25) is 0 Å². The van der Waals surface area contributed by atoms with Crippen molar-refractivity contribution in [2.24, 2.45) is 0 Å². The van der Waals surface area contributed by atoms with Crippen molar-refractivity contribution in [2.45, 2.75) is 12.0 Å². The molecule has 0 spiro atoms. The molecule has 3 heterocycles. The van der Waals surface area contributed by atoms with Gasteiger partial charge in [0.15, 0.2) is 0 Å². The van der Waals surface area contributed by atoms with E-state index in [2.05, 4.69) is 204 Å². The van der Waals surface area contributed by atoms with E-state index in [9.17, 15) is 0 Å². The summed E-state index contributed by atoms with van der Waals surface area (Å²) in [4.78, 5) is 12.9. The predicted octanol–water partition coefficient (Wildman–Crippen LogP) is 12.8. The Labute approximate surface area is 326 Å². The van der Waals surface area contributed by atoms with Gasteiger partial charge in [-0.2, -0.15) is 0 Å². The average Bonchev–Trinajstić information content (AvgIpc) is 3.79. The molecular formula is C52H36N4. The van der Waals surface area contributed by atoms with E-state index >= 15 is 0 Å². The molecule has 11 rings (SSSR count). The van der Waals surface area contributed by atoms with Gasteiger partial charge in [-0.05, 0) is 70.3 Å². The number of fused-ring (bicyclic) bond motifs is 6. The normalized spacial score (nSPS) is 15.9. The lowest BCUT2D eigenvalue weighted by Crippen LogP contribution is -2.30. The number of para-hydroxylation sites is 2. The highest BCUT2D eigenvalue weighted by molar-refractivity contribution is 6.10. The Morgan fingerprint density at radius 2 is 1.02 bits per heavy atom. The molecule has 0 saturated carbocycles. The number of anilines is 2. The van der Waals surface area contributed by atoms with Gasteiger partial charge >= 0.3 is 0 Å². The first-order valence-electron chi connectivity index (χ1n) is 19.2.